The zero-order valence-electron chi connectivity index (χ0n) is 18.1. The molecule has 0 unspecified atom stereocenters. The molecule has 2 amide bonds. The van der Waals surface area contributed by atoms with Crippen LogP contribution in [0.5, 0.6) is 5.88 Å². The standard InChI is InChI=1S/C20H20N8O5S/c1-27-16(30)8-22-12-2-3-15(26-18(12)27)32-5-4-21-6-11-9-28(20(31)33-11)13-7-23-19-17(24-13)25-14(29)10-34-19/h2-3,7-8,11,21H,4-6,9-10H2,1H3,(H,24,25,29)/t11-/m0/s1. The van der Waals surface area contributed by atoms with Crippen LogP contribution in [0.15, 0.2) is 34.3 Å². The van der Waals surface area contributed by atoms with Crippen molar-refractivity contribution in [3.8, 4) is 5.88 Å². The van der Waals surface area contributed by atoms with E-state index in [9.17, 15) is 14.4 Å². The van der Waals surface area contributed by atoms with Gasteiger partial charge in [0.25, 0.3) is 5.56 Å². The van der Waals surface area contributed by atoms with Gasteiger partial charge in [-0.25, -0.2) is 19.7 Å². The summed E-state index contributed by atoms with van der Waals surface area (Å²) in [7, 11) is 1.63. The van der Waals surface area contributed by atoms with E-state index in [1.807, 2.05) is 0 Å². The minimum atomic E-state index is -0.522. The van der Waals surface area contributed by atoms with Crippen LogP contribution in [0.1, 0.15) is 0 Å². The van der Waals surface area contributed by atoms with Crippen molar-refractivity contribution in [2.45, 2.75) is 11.1 Å². The second-order valence-electron chi connectivity index (χ2n) is 7.54. The van der Waals surface area contributed by atoms with E-state index in [4.69, 9.17) is 9.47 Å². The number of ether oxygens (including phenoxy) is 2. The van der Waals surface area contributed by atoms with Gasteiger partial charge in [0.2, 0.25) is 11.8 Å². The smallest absolute Gasteiger partial charge is 0.416 e. The van der Waals surface area contributed by atoms with Crippen molar-refractivity contribution in [3.05, 3.63) is 34.9 Å². The summed E-state index contributed by atoms with van der Waals surface area (Å²) in [4.78, 5) is 54.0. The number of carbonyl (C=O) groups excluding carboxylic acids is 2. The Labute approximate surface area is 196 Å². The highest BCUT2D eigenvalue weighted by atomic mass is 32.2. The number of anilines is 2. The molecule has 0 aliphatic carbocycles. The molecule has 176 valence electrons. The lowest BCUT2D eigenvalue weighted by Gasteiger charge is -2.17. The largest absolute Gasteiger partial charge is 0.476 e. The molecule has 1 atom stereocenters. The van der Waals surface area contributed by atoms with E-state index in [0.29, 0.717) is 59.9 Å². The Morgan fingerprint density at radius 2 is 2.12 bits per heavy atom. The van der Waals surface area contributed by atoms with E-state index in [-0.39, 0.29) is 23.3 Å². The number of hydrogen-bond acceptors (Lipinski definition) is 11. The van der Waals surface area contributed by atoms with Crippen molar-refractivity contribution in [1.29, 1.82) is 0 Å². The van der Waals surface area contributed by atoms with Crippen LogP contribution in [0.25, 0.3) is 11.2 Å². The molecule has 1 fully saturated rings. The van der Waals surface area contributed by atoms with Crippen LogP contribution in [0.4, 0.5) is 16.4 Å². The first-order chi connectivity index (χ1) is 16.5. The van der Waals surface area contributed by atoms with Crippen LogP contribution in [-0.4, -0.2) is 74.6 Å². The maximum absolute atomic E-state index is 12.3. The Balaban J connectivity index is 1.11. The normalized spacial score (nSPS) is 17.4. The third-order valence-corrected chi connectivity index (χ3v) is 6.15. The third kappa shape index (κ3) is 4.49. The van der Waals surface area contributed by atoms with Crippen LogP contribution in [-0.2, 0) is 16.6 Å². The highest BCUT2D eigenvalue weighted by Gasteiger charge is 2.34. The summed E-state index contributed by atoms with van der Waals surface area (Å²) in [5.74, 6) is 1.19. The van der Waals surface area contributed by atoms with Crippen molar-refractivity contribution in [1.82, 2.24) is 29.8 Å². The van der Waals surface area contributed by atoms with Gasteiger partial charge >= 0.3 is 6.09 Å². The number of amides is 2. The molecule has 3 aromatic heterocycles. The molecule has 34 heavy (non-hydrogen) atoms. The maximum atomic E-state index is 12.3. The SMILES string of the molecule is Cn1c(=O)cnc2ccc(OCCNC[C@H]3CN(c4cnc5c(n4)NC(=O)CS5)C(=O)O3)nc21. The molecular weight excluding hydrogens is 464 g/mol. The molecule has 2 N–H and O–H groups in total. The highest BCUT2D eigenvalue weighted by Crippen LogP contribution is 2.30. The number of carbonyl (C=O) groups is 2. The number of hydrogen-bond donors (Lipinski definition) is 2. The zero-order chi connectivity index (χ0) is 23.7. The van der Waals surface area contributed by atoms with E-state index >= 15 is 0 Å². The fraction of sp³-hybridized carbons (Fsp3) is 0.350. The zero-order valence-corrected chi connectivity index (χ0v) is 18.9. The number of rotatable bonds is 7. The fourth-order valence-electron chi connectivity index (χ4n) is 3.46. The molecule has 0 spiro atoms. The average molecular weight is 484 g/mol. The highest BCUT2D eigenvalue weighted by molar-refractivity contribution is 8.00. The van der Waals surface area contributed by atoms with Crippen LogP contribution >= 0.6 is 11.8 Å². The molecule has 2 aliphatic rings. The molecule has 0 aromatic carbocycles. The summed E-state index contributed by atoms with van der Waals surface area (Å²) in [6.07, 6.45) is 1.84. The molecular formula is C20H20N8O5S. The second kappa shape index (κ2) is 9.23. The third-order valence-electron chi connectivity index (χ3n) is 5.17. The lowest BCUT2D eigenvalue weighted by molar-refractivity contribution is -0.113. The quantitative estimate of drug-likeness (QED) is 0.441. The van der Waals surface area contributed by atoms with Crippen LogP contribution in [0.3, 0.4) is 0 Å². The Morgan fingerprint density at radius 3 is 3.00 bits per heavy atom. The van der Waals surface area contributed by atoms with Crippen LogP contribution in [0, 0.1) is 0 Å². The van der Waals surface area contributed by atoms with Gasteiger partial charge in [0, 0.05) is 26.2 Å². The molecule has 14 heteroatoms. The molecule has 1 saturated heterocycles. The summed E-state index contributed by atoms with van der Waals surface area (Å²) < 4.78 is 12.5. The first-order valence-electron chi connectivity index (χ1n) is 10.4. The Morgan fingerprint density at radius 1 is 1.24 bits per heavy atom. The molecule has 0 radical (unpaired) electrons. The number of nitrogens with one attached hydrogen (secondary N) is 2. The molecule has 3 aromatic rings. The lowest BCUT2D eigenvalue weighted by Crippen LogP contribution is -2.33. The van der Waals surface area contributed by atoms with Gasteiger partial charge in [-0.15, -0.1) is 0 Å². The molecule has 5 heterocycles. The van der Waals surface area contributed by atoms with Crippen molar-refractivity contribution in [2.24, 2.45) is 7.05 Å². The van der Waals surface area contributed by atoms with Gasteiger partial charge < -0.3 is 20.1 Å². The average Bonchev–Trinajstić information content (AvgIpc) is 3.21. The number of cyclic esters (lactones) is 1. The fourth-order valence-corrected chi connectivity index (χ4v) is 4.16. The Kier molecular flexibility index (Phi) is 5.98. The van der Waals surface area contributed by atoms with Crippen LogP contribution in [0.2, 0.25) is 0 Å². The van der Waals surface area contributed by atoms with Gasteiger partial charge in [-0.2, -0.15) is 4.98 Å². The van der Waals surface area contributed by atoms with E-state index in [1.54, 1.807) is 19.2 Å². The second-order valence-corrected chi connectivity index (χ2v) is 8.50. The summed E-state index contributed by atoms with van der Waals surface area (Å²) in [5.41, 5.74) is 0.799. The van der Waals surface area contributed by atoms with E-state index < -0.39 is 6.09 Å². The van der Waals surface area contributed by atoms with Gasteiger partial charge in [0.15, 0.2) is 17.3 Å². The number of pyridine rings is 1. The molecule has 0 saturated carbocycles. The molecule has 5 rings (SSSR count). The van der Waals surface area contributed by atoms with E-state index in [2.05, 4.69) is 30.6 Å². The summed E-state index contributed by atoms with van der Waals surface area (Å²) in [6, 6.07) is 3.43. The summed E-state index contributed by atoms with van der Waals surface area (Å²) in [5, 5.41) is 6.47. The topological polar surface area (TPSA) is 153 Å². The first kappa shape index (κ1) is 22.0. The van der Waals surface area contributed by atoms with Gasteiger partial charge in [-0.3, -0.25) is 19.1 Å². The van der Waals surface area contributed by atoms with Gasteiger partial charge in [-0.05, 0) is 6.07 Å². The summed E-state index contributed by atoms with van der Waals surface area (Å²) >= 11 is 1.30. The predicted octanol–water partition coefficient (Wildman–Crippen LogP) is 0.156. The van der Waals surface area contributed by atoms with Gasteiger partial charge in [-0.1, -0.05) is 11.8 Å². The number of nitrogens with zero attached hydrogens (tertiary/aromatic N) is 6. The van der Waals surface area contributed by atoms with Crippen molar-refractivity contribution in [2.75, 3.05) is 42.2 Å². The minimum absolute atomic E-state index is 0.156. The van der Waals surface area contributed by atoms with Gasteiger partial charge in [0.1, 0.15) is 23.3 Å². The molecule has 2 aliphatic heterocycles. The predicted molar refractivity (Wildman–Crippen MR) is 122 cm³/mol. The monoisotopic (exact) mass is 484 g/mol. The van der Waals surface area contributed by atoms with Crippen molar-refractivity contribution < 1.29 is 19.1 Å². The Bertz CT molecular complexity index is 1330. The number of aromatic nitrogens is 5. The number of fused-ring (bicyclic) bond motifs is 2. The molecule has 0 bridgehead atoms. The minimum Gasteiger partial charge on any atom is -0.476 e. The van der Waals surface area contributed by atoms with Crippen molar-refractivity contribution in [3.63, 3.8) is 0 Å². The summed E-state index contributed by atoms with van der Waals surface area (Å²) in [6.45, 7) is 1.53. The molecule has 13 nitrogen and oxygen atoms in total. The number of thioether (sulfide) groups is 1. The lowest BCUT2D eigenvalue weighted by atomic mass is 10.3. The van der Waals surface area contributed by atoms with Crippen LogP contribution < -0.4 is 25.8 Å². The Hall–Kier alpha value is -3.78. The maximum Gasteiger partial charge on any atom is 0.416 e. The first-order valence-corrected chi connectivity index (χ1v) is 11.4. The van der Waals surface area contributed by atoms with Crippen molar-refractivity contribution >= 4 is 46.6 Å². The van der Waals surface area contributed by atoms with E-state index in [1.165, 1.54) is 33.6 Å². The van der Waals surface area contributed by atoms with E-state index in [0.717, 1.165) is 0 Å². The van der Waals surface area contributed by atoms with Gasteiger partial charge in [0.05, 0.1) is 24.7 Å². The number of aryl methyl sites for hydroxylation is 1.